The molecule has 1 N–H and O–H groups in total. The average molecular weight is 249 g/mol. The first-order chi connectivity index (χ1) is 8.55. The van der Waals surface area contributed by atoms with Crippen LogP contribution in [0.25, 0.3) is 0 Å². The fourth-order valence-electron chi connectivity index (χ4n) is 2.99. The molecule has 3 heteroatoms. The summed E-state index contributed by atoms with van der Waals surface area (Å²) < 4.78 is 2.15. The minimum atomic E-state index is 0.519. The van der Waals surface area contributed by atoms with E-state index in [0.29, 0.717) is 17.5 Å². The maximum absolute atomic E-state index is 4.09. The van der Waals surface area contributed by atoms with Crippen LogP contribution in [0.15, 0.2) is 18.7 Å². The van der Waals surface area contributed by atoms with Crippen molar-refractivity contribution in [1.82, 2.24) is 14.9 Å². The van der Waals surface area contributed by atoms with Crippen molar-refractivity contribution >= 4 is 0 Å². The monoisotopic (exact) mass is 249 g/mol. The summed E-state index contributed by atoms with van der Waals surface area (Å²) in [5.74, 6) is 0. The van der Waals surface area contributed by atoms with Crippen LogP contribution in [0.3, 0.4) is 0 Å². The second-order valence-corrected chi connectivity index (χ2v) is 6.62. The normalized spacial score (nSPS) is 25.6. The van der Waals surface area contributed by atoms with E-state index in [4.69, 9.17) is 0 Å². The number of imidazole rings is 1. The molecule has 1 aliphatic rings. The molecule has 1 aromatic heterocycles. The first-order valence-corrected chi connectivity index (χ1v) is 7.27. The van der Waals surface area contributed by atoms with Crippen molar-refractivity contribution in [2.45, 2.75) is 71.5 Å². The van der Waals surface area contributed by atoms with E-state index < -0.39 is 0 Å². The molecule has 3 nitrogen and oxygen atoms in total. The Hall–Kier alpha value is -0.830. The van der Waals surface area contributed by atoms with Crippen molar-refractivity contribution in [2.75, 3.05) is 0 Å². The molecule has 2 unspecified atom stereocenters. The lowest BCUT2D eigenvalue weighted by Gasteiger charge is -2.24. The van der Waals surface area contributed by atoms with Gasteiger partial charge in [-0.2, -0.15) is 0 Å². The zero-order valence-electron chi connectivity index (χ0n) is 12.0. The third-order valence-corrected chi connectivity index (χ3v) is 4.14. The van der Waals surface area contributed by atoms with Gasteiger partial charge in [0.25, 0.3) is 0 Å². The molecule has 0 radical (unpaired) electrons. The fourth-order valence-corrected chi connectivity index (χ4v) is 2.99. The summed E-state index contributed by atoms with van der Waals surface area (Å²) in [6, 6.07) is 1.22. The van der Waals surface area contributed by atoms with Crippen molar-refractivity contribution in [3.63, 3.8) is 0 Å². The van der Waals surface area contributed by atoms with Gasteiger partial charge in [0.1, 0.15) is 0 Å². The molecule has 2 rings (SSSR count). The third kappa shape index (κ3) is 4.13. The van der Waals surface area contributed by atoms with Crippen LogP contribution < -0.4 is 5.32 Å². The highest BCUT2D eigenvalue weighted by atomic mass is 15.1. The lowest BCUT2D eigenvalue weighted by Crippen LogP contribution is -2.38. The Morgan fingerprint density at radius 1 is 1.39 bits per heavy atom. The number of aromatic nitrogens is 2. The summed E-state index contributed by atoms with van der Waals surface area (Å²) in [6.45, 7) is 8.10. The molecule has 2 atom stereocenters. The predicted molar refractivity (Wildman–Crippen MR) is 75.5 cm³/mol. The molecule has 0 saturated heterocycles. The molecule has 0 aliphatic heterocycles. The molecule has 0 spiro atoms. The van der Waals surface area contributed by atoms with Gasteiger partial charge in [0.15, 0.2) is 0 Å². The van der Waals surface area contributed by atoms with Crippen molar-refractivity contribution in [3.8, 4) is 0 Å². The van der Waals surface area contributed by atoms with Gasteiger partial charge in [-0.25, -0.2) is 4.98 Å². The van der Waals surface area contributed by atoms with Crippen LogP contribution in [-0.2, 0) is 6.54 Å². The van der Waals surface area contributed by atoms with Crippen LogP contribution in [0.2, 0.25) is 0 Å². The smallest absolute Gasteiger partial charge is 0.0946 e. The highest BCUT2D eigenvalue weighted by Crippen LogP contribution is 2.33. The van der Waals surface area contributed by atoms with Gasteiger partial charge in [0.2, 0.25) is 0 Å². The number of nitrogens with one attached hydrogen (secondary N) is 1. The van der Waals surface area contributed by atoms with E-state index in [0.717, 1.165) is 6.54 Å². The van der Waals surface area contributed by atoms with Gasteiger partial charge < -0.3 is 9.88 Å². The van der Waals surface area contributed by atoms with Crippen LogP contribution >= 0.6 is 0 Å². The van der Waals surface area contributed by atoms with Gasteiger partial charge in [-0.05, 0) is 38.0 Å². The zero-order valence-corrected chi connectivity index (χ0v) is 12.0. The first-order valence-electron chi connectivity index (χ1n) is 7.27. The van der Waals surface area contributed by atoms with Crippen molar-refractivity contribution in [2.24, 2.45) is 5.41 Å². The molecular weight excluding hydrogens is 222 g/mol. The quantitative estimate of drug-likeness (QED) is 0.830. The maximum atomic E-state index is 4.09. The number of hydrogen-bond donors (Lipinski definition) is 1. The van der Waals surface area contributed by atoms with Gasteiger partial charge >= 0.3 is 0 Å². The molecule has 1 fully saturated rings. The number of rotatable bonds is 4. The topological polar surface area (TPSA) is 29.9 Å². The van der Waals surface area contributed by atoms with Gasteiger partial charge in [0.05, 0.1) is 6.33 Å². The second kappa shape index (κ2) is 5.87. The highest BCUT2D eigenvalue weighted by Gasteiger charge is 2.24. The van der Waals surface area contributed by atoms with Gasteiger partial charge in [-0.15, -0.1) is 0 Å². The Kier molecular flexibility index (Phi) is 4.44. The Morgan fingerprint density at radius 2 is 2.22 bits per heavy atom. The molecule has 1 aromatic rings. The summed E-state index contributed by atoms with van der Waals surface area (Å²) >= 11 is 0. The molecule has 0 aromatic carbocycles. The van der Waals surface area contributed by atoms with Crippen LogP contribution in [0.5, 0.6) is 0 Å². The fraction of sp³-hybridized carbons (Fsp3) is 0.800. The first kappa shape index (κ1) is 13.6. The van der Waals surface area contributed by atoms with E-state index in [9.17, 15) is 0 Å². The Labute approximate surface area is 111 Å². The molecular formula is C15H27N3. The highest BCUT2D eigenvalue weighted by molar-refractivity contribution is 4.82. The average Bonchev–Trinajstić information content (AvgIpc) is 2.72. The lowest BCUT2D eigenvalue weighted by atomic mass is 9.85. The summed E-state index contributed by atoms with van der Waals surface area (Å²) in [6.07, 6.45) is 12.5. The van der Waals surface area contributed by atoms with E-state index in [1.165, 1.54) is 32.1 Å². The van der Waals surface area contributed by atoms with E-state index in [1.807, 2.05) is 18.7 Å². The zero-order chi connectivity index (χ0) is 13.0. The Balaban J connectivity index is 1.78. The number of hydrogen-bond acceptors (Lipinski definition) is 2. The lowest BCUT2D eigenvalue weighted by molar-refractivity contribution is 0.305. The molecule has 0 amide bonds. The minimum Gasteiger partial charge on any atom is -0.336 e. The Bertz CT molecular complexity index is 343. The van der Waals surface area contributed by atoms with Crippen LogP contribution in [0.4, 0.5) is 0 Å². The summed E-state index contributed by atoms with van der Waals surface area (Å²) in [4.78, 5) is 4.09. The number of nitrogens with zero attached hydrogens (tertiary/aromatic N) is 2. The predicted octanol–water partition coefficient (Wildman–Crippen LogP) is 3.22. The minimum absolute atomic E-state index is 0.519. The molecule has 1 saturated carbocycles. The van der Waals surface area contributed by atoms with Gasteiger partial charge in [-0.3, -0.25) is 0 Å². The summed E-state index contributed by atoms with van der Waals surface area (Å²) in [5.41, 5.74) is 0.546. The molecule has 1 heterocycles. The molecule has 1 aliphatic carbocycles. The third-order valence-electron chi connectivity index (χ3n) is 4.14. The van der Waals surface area contributed by atoms with Crippen LogP contribution in [0.1, 0.15) is 52.9 Å². The SMILES string of the molecule is CC(Cn1ccnc1)NC1CCCC(C)(C)CC1. The van der Waals surface area contributed by atoms with Crippen molar-refractivity contribution in [3.05, 3.63) is 18.7 Å². The summed E-state index contributed by atoms with van der Waals surface area (Å²) in [5, 5.41) is 3.79. The van der Waals surface area contributed by atoms with E-state index >= 15 is 0 Å². The maximum Gasteiger partial charge on any atom is 0.0946 e. The summed E-state index contributed by atoms with van der Waals surface area (Å²) in [7, 11) is 0. The largest absolute Gasteiger partial charge is 0.336 e. The second-order valence-electron chi connectivity index (χ2n) is 6.62. The van der Waals surface area contributed by atoms with Crippen LogP contribution in [0, 0.1) is 5.41 Å². The van der Waals surface area contributed by atoms with E-state index in [2.05, 4.69) is 35.6 Å². The Morgan fingerprint density at radius 3 is 2.94 bits per heavy atom. The molecule has 102 valence electrons. The van der Waals surface area contributed by atoms with Crippen molar-refractivity contribution in [1.29, 1.82) is 0 Å². The standard InChI is InChI=1S/C15H27N3/c1-13(11-18-10-9-16-12-18)17-14-5-4-7-15(2,3)8-6-14/h9-10,12-14,17H,4-8,11H2,1-3H3. The molecule has 18 heavy (non-hydrogen) atoms. The van der Waals surface area contributed by atoms with Crippen LogP contribution in [-0.4, -0.2) is 21.6 Å². The molecule has 0 bridgehead atoms. The van der Waals surface area contributed by atoms with Gasteiger partial charge in [0, 0.05) is 31.0 Å². The van der Waals surface area contributed by atoms with E-state index in [1.54, 1.807) is 0 Å². The van der Waals surface area contributed by atoms with Gasteiger partial charge in [-0.1, -0.05) is 20.3 Å². The van der Waals surface area contributed by atoms with E-state index in [-0.39, 0.29) is 0 Å². The van der Waals surface area contributed by atoms with Crippen molar-refractivity contribution < 1.29 is 0 Å².